The molecule has 1 aliphatic rings. The van der Waals surface area contributed by atoms with Gasteiger partial charge < -0.3 is 0 Å². The van der Waals surface area contributed by atoms with Gasteiger partial charge in [-0.25, -0.2) is 19.8 Å². The molecule has 60 heavy (non-hydrogen) atoms. The first kappa shape index (κ1) is 34.9. The Hall–Kier alpha value is -8.26. The van der Waals surface area contributed by atoms with Crippen molar-refractivity contribution in [2.75, 3.05) is 0 Å². The Morgan fingerprint density at radius 1 is 0.300 bits per heavy atom. The second-order valence-electron chi connectivity index (χ2n) is 15.1. The summed E-state index contributed by atoms with van der Waals surface area (Å²) in [6.07, 6.45) is 0. The van der Waals surface area contributed by atoms with E-state index in [1.165, 1.54) is 38.6 Å². The number of fused-ring (bicyclic) bond motifs is 3. The molecular formula is C56H34N4. The van der Waals surface area contributed by atoms with Gasteiger partial charge in [-0.2, -0.15) is 0 Å². The monoisotopic (exact) mass is 762 g/mol. The molecule has 1 aromatic heterocycles. The largest absolute Gasteiger partial charge is 0.237 e. The highest BCUT2D eigenvalue weighted by molar-refractivity contribution is 6.18. The summed E-state index contributed by atoms with van der Waals surface area (Å²) in [6.45, 7) is 8.22. The van der Waals surface area contributed by atoms with Crippen LogP contribution in [-0.2, 0) is 0 Å². The summed E-state index contributed by atoms with van der Waals surface area (Å²) in [5, 5.41) is 2.59. The maximum atomic E-state index is 8.22. The maximum Gasteiger partial charge on any atom is 0.195 e. The lowest BCUT2D eigenvalue weighted by molar-refractivity contribution is 1.07. The zero-order valence-corrected chi connectivity index (χ0v) is 32.4. The van der Waals surface area contributed by atoms with Crippen LogP contribution in [0.15, 0.2) is 206 Å². The van der Waals surface area contributed by atoms with Crippen molar-refractivity contribution in [2.24, 2.45) is 0 Å². The van der Waals surface area contributed by atoms with Gasteiger partial charge in [0.1, 0.15) is 0 Å². The van der Waals surface area contributed by atoms with Gasteiger partial charge in [0, 0.05) is 16.7 Å². The summed E-state index contributed by atoms with van der Waals surface area (Å²) in [4.78, 5) is 18.9. The molecule has 4 heteroatoms. The normalized spacial score (nSPS) is 11.3. The highest BCUT2D eigenvalue weighted by Gasteiger charge is 2.24. The van der Waals surface area contributed by atoms with E-state index in [9.17, 15) is 0 Å². The molecule has 0 N–H and O–H groups in total. The highest BCUT2D eigenvalue weighted by Crippen LogP contribution is 2.51. The van der Waals surface area contributed by atoms with E-state index >= 15 is 0 Å². The Balaban J connectivity index is 0.911. The summed E-state index contributed by atoms with van der Waals surface area (Å²) < 4.78 is 0. The number of hydrogen-bond donors (Lipinski definition) is 0. The highest BCUT2D eigenvalue weighted by atomic mass is 15.0. The van der Waals surface area contributed by atoms with Gasteiger partial charge in [-0.3, -0.25) is 0 Å². The molecule has 278 valence electrons. The molecule has 11 rings (SSSR count). The fraction of sp³-hybridized carbons (Fsp3) is 0. The maximum absolute atomic E-state index is 8.22. The first-order valence-corrected chi connectivity index (χ1v) is 20.0. The summed E-state index contributed by atoms with van der Waals surface area (Å²) in [5.74, 6) is 1.81. The number of rotatable bonds is 7. The fourth-order valence-electron chi connectivity index (χ4n) is 8.59. The van der Waals surface area contributed by atoms with Gasteiger partial charge in [-0.15, -0.1) is 0 Å². The predicted octanol–water partition coefficient (Wildman–Crippen LogP) is 14.9. The van der Waals surface area contributed by atoms with E-state index in [0.717, 1.165) is 55.6 Å². The van der Waals surface area contributed by atoms with Gasteiger partial charge in [-0.05, 0) is 89.7 Å². The van der Waals surface area contributed by atoms with Crippen molar-refractivity contribution in [1.29, 1.82) is 0 Å². The van der Waals surface area contributed by atoms with E-state index < -0.39 is 0 Å². The van der Waals surface area contributed by atoms with Gasteiger partial charge in [-0.1, -0.05) is 194 Å². The lowest BCUT2D eigenvalue weighted by Gasteiger charge is -2.13. The van der Waals surface area contributed by atoms with Gasteiger partial charge in [0.05, 0.1) is 6.57 Å². The van der Waals surface area contributed by atoms with Crippen molar-refractivity contribution in [1.82, 2.24) is 15.0 Å². The van der Waals surface area contributed by atoms with Gasteiger partial charge in [0.15, 0.2) is 23.2 Å². The molecule has 1 aliphatic carbocycles. The van der Waals surface area contributed by atoms with Crippen LogP contribution in [0.2, 0.25) is 0 Å². The molecule has 0 atom stereocenters. The van der Waals surface area contributed by atoms with Crippen molar-refractivity contribution >= 4 is 16.5 Å². The average Bonchev–Trinajstić information content (AvgIpc) is 3.67. The minimum atomic E-state index is 0.586. The first-order valence-electron chi connectivity index (χ1n) is 20.0. The minimum Gasteiger partial charge on any atom is -0.237 e. The van der Waals surface area contributed by atoms with E-state index in [-0.39, 0.29) is 0 Å². The van der Waals surface area contributed by atoms with Gasteiger partial charge in [0.25, 0.3) is 0 Å². The van der Waals surface area contributed by atoms with Crippen molar-refractivity contribution in [3.8, 4) is 101 Å². The zero-order valence-electron chi connectivity index (χ0n) is 32.4. The van der Waals surface area contributed by atoms with Crippen molar-refractivity contribution < 1.29 is 0 Å². The SMILES string of the molecule is [C-]#[N+]c1cc(-c2cccc(-c3cccc4c3-c3cccc5cccc-4c35)c2)ccc1-c1ccc(-c2nc(-c3ccccc3)nc(-c3ccc(-c4ccccc4)cc3)n2)cc1. The molecule has 10 aromatic rings. The fourth-order valence-corrected chi connectivity index (χ4v) is 8.59. The van der Waals surface area contributed by atoms with Crippen LogP contribution in [0.25, 0.3) is 117 Å². The van der Waals surface area contributed by atoms with E-state index in [1.54, 1.807) is 0 Å². The van der Waals surface area contributed by atoms with Crippen LogP contribution in [0, 0.1) is 6.57 Å². The van der Waals surface area contributed by atoms with Crippen molar-refractivity contribution in [2.45, 2.75) is 0 Å². The molecule has 0 aliphatic heterocycles. The standard InChI is InChI=1S/C56H34N4/c1-57-51-35-44(43-18-8-19-45(34-43)47-20-11-22-49-48-21-9-16-39-17-10-23-50(52(39)48)53(47)49)32-33-46(51)38-26-30-42(31-27-38)56-59-54(40-14-6-3-7-15-40)58-55(60-56)41-28-24-37(25-29-41)36-12-4-2-5-13-36/h2-35H. The molecule has 0 spiro atoms. The molecule has 9 aromatic carbocycles. The zero-order chi connectivity index (χ0) is 40.0. The third-order valence-corrected chi connectivity index (χ3v) is 11.5. The van der Waals surface area contributed by atoms with Crippen LogP contribution in [-0.4, -0.2) is 15.0 Å². The average molecular weight is 763 g/mol. The number of nitrogens with zero attached hydrogens (tertiary/aromatic N) is 4. The Morgan fingerprint density at radius 3 is 1.42 bits per heavy atom. The second-order valence-corrected chi connectivity index (χ2v) is 15.1. The van der Waals surface area contributed by atoms with Crippen LogP contribution in [0.3, 0.4) is 0 Å². The van der Waals surface area contributed by atoms with Crippen molar-refractivity contribution in [3.63, 3.8) is 0 Å². The van der Waals surface area contributed by atoms with E-state index in [1.807, 2.05) is 66.7 Å². The van der Waals surface area contributed by atoms with E-state index in [2.05, 4.69) is 144 Å². The molecule has 0 saturated heterocycles. The summed E-state index contributed by atoms with van der Waals surface area (Å²) in [7, 11) is 0. The molecule has 0 unspecified atom stereocenters. The Morgan fingerprint density at radius 2 is 0.750 bits per heavy atom. The van der Waals surface area contributed by atoms with Crippen LogP contribution in [0.1, 0.15) is 0 Å². The summed E-state index contributed by atoms with van der Waals surface area (Å²) >= 11 is 0. The van der Waals surface area contributed by atoms with Crippen molar-refractivity contribution in [3.05, 3.63) is 218 Å². The number of aromatic nitrogens is 3. The van der Waals surface area contributed by atoms with E-state index in [4.69, 9.17) is 21.5 Å². The van der Waals surface area contributed by atoms with Crippen LogP contribution in [0.4, 0.5) is 5.69 Å². The van der Waals surface area contributed by atoms with Crippen LogP contribution < -0.4 is 0 Å². The molecule has 0 radical (unpaired) electrons. The van der Waals surface area contributed by atoms with Crippen LogP contribution in [0.5, 0.6) is 0 Å². The molecule has 0 amide bonds. The lowest BCUT2D eigenvalue weighted by atomic mass is 9.91. The minimum absolute atomic E-state index is 0.586. The molecular weight excluding hydrogens is 729 g/mol. The Kier molecular flexibility index (Phi) is 8.50. The molecule has 0 fully saturated rings. The summed E-state index contributed by atoms with van der Waals surface area (Å²) in [6, 6.07) is 71.5. The number of benzene rings is 9. The van der Waals surface area contributed by atoms with E-state index in [0.29, 0.717) is 23.2 Å². The second kappa shape index (κ2) is 14.6. The topological polar surface area (TPSA) is 43.0 Å². The Bertz CT molecular complexity index is 3290. The quantitative estimate of drug-likeness (QED) is 0.152. The van der Waals surface area contributed by atoms with Gasteiger partial charge >= 0.3 is 0 Å². The molecule has 1 heterocycles. The third-order valence-electron chi connectivity index (χ3n) is 11.5. The molecule has 0 bridgehead atoms. The molecule has 4 nitrogen and oxygen atoms in total. The van der Waals surface area contributed by atoms with Crippen LogP contribution >= 0.6 is 0 Å². The predicted molar refractivity (Wildman–Crippen MR) is 246 cm³/mol. The summed E-state index contributed by atoms with van der Waals surface area (Å²) in [5.41, 5.74) is 17.0. The lowest BCUT2D eigenvalue weighted by Crippen LogP contribution is -2.00. The molecule has 0 saturated carbocycles. The smallest absolute Gasteiger partial charge is 0.195 e. The third kappa shape index (κ3) is 6.14. The Labute approximate surface area is 348 Å². The first-order chi connectivity index (χ1) is 29.7. The number of hydrogen-bond acceptors (Lipinski definition) is 3. The van der Waals surface area contributed by atoms with Gasteiger partial charge in [0.2, 0.25) is 0 Å².